The number of hydrogen-bond donors (Lipinski definition) is 1. The molecule has 0 aliphatic carbocycles. The Balaban J connectivity index is 2.46. The van der Waals surface area contributed by atoms with Gasteiger partial charge in [0.15, 0.2) is 0 Å². The average molecular weight is 347 g/mol. The predicted molar refractivity (Wildman–Crippen MR) is 76.3 cm³/mol. The maximum Gasteiger partial charge on any atom is 0.129 e. The smallest absolute Gasteiger partial charge is 0.129 e. The van der Waals surface area contributed by atoms with E-state index in [2.05, 4.69) is 15.9 Å². The molecule has 0 saturated carbocycles. The van der Waals surface area contributed by atoms with Crippen molar-refractivity contribution >= 4 is 27.5 Å². The third kappa shape index (κ3) is 2.96. The first-order valence-electron chi connectivity index (χ1n) is 5.56. The Labute approximate surface area is 123 Å². The van der Waals surface area contributed by atoms with Gasteiger partial charge < -0.3 is 5.73 Å². The molecule has 0 spiro atoms. The van der Waals surface area contributed by atoms with Gasteiger partial charge in [-0.25, -0.2) is 8.78 Å². The second-order valence-corrected chi connectivity index (χ2v) is 5.54. The molecule has 0 fully saturated rings. The van der Waals surface area contributed by atoms with Crippen LogP contribution in [-0.2, 0) is 0 Å². The molecule has 0 amide bonds. The van der Waals surface area contributed by atoms with Crippen molar-refractivity contribution in [1.29, 1.82) is 0 Å². The minimum atomic E-state index is -0.763. The van der Waals surface area contributed by atoms with Gasteiger partial charge in [-0.1, -0.05) is 23.7 Å². The summed E-state index contributed by atoms with van der Waals surface area (Å²) in [5, 5.41) is 0.361. The highest BCUT2D eigenvalue weighted by molar-refractivity contribution is 9.10. The van der Waals surface area contributed by atoms with E-state index in [-0.39, 0.29) is 11.4 Å². The van der Waals surface area contributed by atoms with Gasteiger partial charge in [0.2, 0.25) is 0 Å². The molecule has 0 aromatic heterocycles. The second kappa shape index (κ2) is 5.57. The molecule has 0 saturated heterocycles. The van der Waals surface area contributed by atoms with Crippen LogP contribution < -0.4 is 5.73 Å². The molecule has 100 valence electrons. The average Bonchev–Trinajstić information content (AvgIpc) is 2.36. The fourth-order valence-electron chi connectivity index (χ4n) is 1.76. The van der Waals surface area contributed by atoms with Crippen LogP contribution in [0.2, 0.25) is 5.02 Å². The van der Waals surface area contributed by atoms with Gasteiger partial charge in [-0.15, -0.1) is 0 Å². The van der Waals surface area contributed by atoms with Gasteiger partial charge in [-0.3, -0.25) is 0 Å². The first kappa shape index (κ1) is 14.4. The fourth-order valence-corrected chi connectivity index (χ4v) is 2.25. The van der Waals surface area contributed by atoms with Crippen molar-refractivity contribution in [2.75, 3.05) is 0 Å². The van der Waals surface area contributed by atoms with Crippen LogP contribution in [0.4, 0.5) is 8.78 Å². The molecule has 2 rings (SSSR count). The molecular weight excluding hydrogens is 336 g/mol. The largest absolute Gasteiger partial charge is 0.320 e. The van der Waals surface area contributed by atoms with Crippen LogP contribution in [0.3, 0.4) is 0 Å². The molecule has 0 aliphatic rings. The van der Waals surface area contributed by atoms with Crippen molar-refractivity contribution in [3.63, 3.8) is 0 Å². The Morgan fingerprint density at radius 3 is 2.47 bits per heavy atom. The van der Waals surface area contributed by atoms with Crippen molar-refractivity contribution in [2.45, 2.75) is 13.0 Å². The Morgan fingerprint density at radius 2 is 1.84 bits per heavy atom. The van der Waals surface area contributed by atoms with Crippen molar-refractivity contribution in [2.24, 2.45) is 5.73 Å². The summed E-state index contributed by atoms with van der Waals surface area (Å²) in [7, 11) is 0. The molecule has 19 heavy (non-hydrogen) atoms. The molecule has 1 nitrogen and oxygen atoms in total. The fraction of sp³-hybridized carbons (Fsp3) is 0.143. The first-order valence-corrected chi connectivity index (χ1v) is 6.73. The van der Waals surface area contributed by atoms with E-state index in [0.29, 0.717) is 20.6 Å². The summed E-state index contributed by atoms with van der Waals surface area (Å²) in [6.07, 6.45) is 0. The van der Waals surface area contributed by atoms with Crippen LogP contribution in [0, 0.1) is 18.6 Å². The van der Waals surface area contributed by atoms with Gasteiger partial charge in [0, 0.05) is 10.0 Å². The summed E-state index contributed by atoms with van der Waals surface area (Å²) < 4.78 is 27.9. The Hall–Kier alpha value is -0.970. The highest BCUT2D eigenvalue weighted by Crippen LogP contribution is 2.30. The van der Waals surface area contributed by atoms with E-state index in [0.717, 1.165) is 0 Å². The topological polar surface area (TPSA) is 26.0 Å². The molecule has 1 atom stereocenters. The first-order chi connectivity index (χ1) is 8.90. The summed E-state index contributed by atoms with van der Waals surface area (Å²) in [6.45, 7) is 1.65. The highest BCUT2D eigenvalue weighted by Gasteiger charge is 2.16. The second-order valence-electron chi connectivity index (χ2n) is 4.27. The molecular formula is C14H11BrClF2N. The van der Waals surface area contributed by atoms with Gasteiger partial charge in [0.1, 0.15) is 11.6 Å². The molecule has 2 N–H and O–H groups in total. The van der Waals surface area contributed by atoms with Crippen LogP contribution >= 0.6 is 27.5 Å². The Kier molecular flexibility index (Phi) is 4.23. The third-order valence-electron chi connectivity index (χ3n) is 2.93. The molecule has 0 bridgehead atoms. The van der Waals surface area contributed by atoms with E-state index in [9.17, 15) is 8.78 Å². The van der Waals surface area contributed by atoms with Crippen molar-refractivity contribution < 1.29 is 8.78 Å². The van der Waals surface area contributed by atoms with Crippen LogP contribution in [0.1, 0.15) is 22.7 Å². The van der Waals surface area contributed by atoms with E-state index < -0.39 is 11.9 Å². The summed E-state index contributed by atoms with van der Waals surface area (Å²) >= 11 is 9.06. The minimum Gasteiger partial charge on any atom is -0.320 e. The zero-order valence-corrected chi connectivity index (χ0v) is 12.4. The lowest BCUT2D eigenvalue weighted by Crippen LogP contribution is -2.14. The maximum atomic E-state index is 13.9. The summed E-state index contributed by atoms with van der Waals surface area (Å²) in [4.78, 5) is 0. The summed E-state index contributed by atoms with van der Waals surface area (Å²) in [6, 6.07) is 6.54. The predicted octanol–water partition coefficient (Wildman–Crippen LogP) is 4.74. The van der Waals surface area contributed by atoms with Crippen molar-refractivity contribution in [3.05, 3.63) is 68.2 Å². The van der Waals surface area contributed by atoms with Crippen molar-refractivity contribution in [3.8, 4) is 0 Å². The zero-order valence-electron chi connectivity index (χ0n) is 10.1. The number of halogens is 4. The van der Waals surface area contributed by atoms with Gasteiger partial charge in [0.05, 0.1) is 11.1 Å². The molecule has 0 heterocycles. The summed E-state index contributed by atoms with van der Waals surface area (Å²) in [5.41, 5.74) is 7.23. The number of benzene rings is 2. The van der Waals surface area contributed by atoms with Gasteiger partial charge in [-0.2, -0.15) is 0 Å². The van der Waals surface area contributed by atoms with Crippen LogP contribution in [-0.4, -0.2) is 0 Å². The SMILES string of the molecule is Cc1ccc(C(N)c2cc(Cl)c(Br)cc2F)cc1F. The zero-order chi connectivity index (χ0) is 14.2. The van der Waals surface area contributed by atoms with Crippen LogP contribution in [0.25, 0.3) is 0 Å². The van der Waals surface area contributed by atoms with Gasteiger partial charge >= 0.3 is 0 Å². The van der Waals surface area contributed by atoms with E-state index in [1.807, 2.05) is 0 Å². The van der Waals surface area contributed by atoms with E-state index in [1.165, 1.54) is 18.2 Å². The minimum absolute atomic E-state index is 0.233. The van der Waals surface area contributed by atoms with E-state index in [1.54, 1.807) is 19.1 Å². The Morgan fingerprint density at radius 1 is 1.16 bits per heavy atom. The lowest BCUT2D eigenvalue weighted by molar-refractivity contribution is 0.593. The number of aryl methyl sites for hydroxylation is 1. The molecule has 2 aromatic carbocycles. The summed E-state index contributed by atoms with van der Waals surface area (Å²) in [5.74, 6) is -0.846. The number of nitrogens with two attached hydrogens (primary N) is 1. The lowest BCUT2D eigenvalue weighted by Gasteiger charge is -2.15. The molecule has 0 radical (unpaired) electrons. The van der Waals surface area contributed by atoms with E-state index >= 15 is 0 Å². The van der Waals surface area contributed by atoms with Crippen molar-refractivity contribution in [1.82, 2.24) is 0 Å². The molecule has 0 aliphatic heterocycles. The number of rotatable bonds is 2. The molecule has 2 aromatic rings. The molecule has 5 heteroatoms. The van der Waals surface area contributed by atoms with Crippen LogP contribution in [0.15, 0.2) is 34.8 Å². The normalized spacial score (nSPS) is 12.5. The molecule has 1 unspecified atom stereocenters. The van der Waals surface area contributed by atoms with Gasteiger partial charge in [-0.05, 0) is 52.2 Å². The maximum absolute atomic E-state index is 13.9. The number of hydrogen-bond acceptors (Lipinski definition) is 1. The van der Waals surface area contributed by atoms with Crippen LogP contribution in [0.5, 0.6) is 0 Å². The monoisotopic (exact) mass is 345 g/mol. The highest BCUT2D eigenvalue weighted by atomic mass is 79.9. The standard InChI is InChI=1S/C14H11BrClF2N/c1-7-2-3-8(4-12(7)17)14(19)9-5-11(16)10(15)6-13(9)18/h2-6,14H,19H2,1H3. The third-order valence-corrected chi connectivity index (χ3v) is 4.13. The lowest BCUT2D eigenvalue weighted by atomic mass is 9.98. The van der Waals surface area contributed by atoms with Gasteiger partial charge in [0.25, 0.3) is 0 Å². The Bertz CT molecular complexity index is 631. The quantitative estimate of drug-likeness (QED) is 0.781. The van der Waals surface area contributed by atoms with E-state index in [4.69, 9.17) is 17.3 Å².